The van der Waals surface area contributed by atoms with E-state index in [1.165, 1.54) is 0 Å². The molecule has 1 aromatic carbocycles. The topological polar surface area (TPSA) is 94.0 Å². The van der Waals surface area contributed by atoms with Crippen molar-refractivity contribution in [1.29, 1.82) is 0 Å². The second-order valence-corrected chi connectivity index (χ2v) is 5.71. The molecule has 0 bridgehead atoms. The summed E-state index contributed by atoms with van der Waals surface area (Å²) in [5.74, 6) is 0.983. The zero-order chi connectivity index (χ0) is 14.8. The molecule has 110 valence electrons. The molecule has 2 aromatic rings. The van der Waals surface area contributed by atoms with E-state index >= 15 is 0 Å². The Balaban J connectivity index is 1.74. The van der Waals surface area contributed by atoms with E-state index in [-0.39, 0.29) is 23.6 Å². The minimum absolute atomic E-state index is 0.0267. The summed E-state index contributed by atoms with van der Waals surface area (Å²) in [7, 11) is 0. The van der Waals surface area contributed by atoms with Gasteiger partial charge in [-0.2, -0.15) is 0 Å². The minimum atomic E-state index is -0.0267. The number of hydrogen-bond acceptors (Lipinski definition) is 6. The number of carbonyl (C=O) groups excluding carboxylic acids is 1. The quantitative estimate of drug-likeness (QED) is 0.905. The third-order valence-corrected chi connectivity index (χ3v) is 3.97. The van der Waals surface area contributed by atoms with Gasteiger partial charge in [0.25, 0.3) is 0 Å². The molecule has 1 fully saturated rings. The molecular weight excluding hydrogens is 292 g/mol. The van der Waals surface area contributed by atoms with Crippen LogP contribution in [0.5, 0.6) is 0 Å². The standard InChI is InChI=1S/C14H15ClN4O2/c15-10-3-1-8(2-4-10)9-5-11(7-12(20)6-9)17-14-13(16)18-21-19-14/h1-4,9,11H,5-7H2,(H2,16,18)(H,17,19)/t9-,11-/m1/s1. The average Bonchev–Trinajstić information content (AvgIpc) is 2.84. The summed E-state index contributed by atoms with van der Waals surface area (Å²) in [5, 5.41) is 11.0. The van der Waals surface area contributed by atoms with Crippen molar-refractivity contribution in [3.63, 3.8) is 0 Å². The van der Waals surface area contributed by atoms with Crippen LogP contribution in [0.1, 0.15) is 30.7 Å². The summed E-state index contributed by atoms with van der Waals surface area (Å²) < 4.78 is 4.55. The lowest BCUT2D eigenvalue weighted by atomic mass is 9.80. The van der Waals surface area contributed by atoms with Crippen molar-refractivity contribution in [2.75, 3.05) is 11.1 Å². The molecule has 0 unspecified atom stereocenters. The van der Waals surface area contributed by atoms with Gasteiger partial charge in [0.2, 0.25) is 11.6 Å². The Morgan fingerprint density at radius 1 is 1.24 bits per heavy atom. The fourth-order valence-corrected chi connectivity index (χ4v) is 2.86. The lowest BCUT2D eigenvalue weighted by Crippen LogP contribution is -2.31. The molecule has 1 aliphatic rings. The molecule has 1 aromatic heterocycles. The number of carbonyl (C=O) groups is 1. The number of nitrogen functional groups attached to an aromatic ring is 1. The van der Waals surface area contributed by atoms with Crippen LogP contribution < -0.4 is 11.1 Å². The number of anilines is 2. The van der Waals surface area contributed by atoms with Crippen molar-refractivity contribution in [3.8, 4) is 0 Å². The van der Waals surface area contributed by atoms with Gasteiger partial charge in [-0.3, -0.25) is 4.79 Å². The minimum Gasteiger partial charge on any atom is -0.378 e. The molecular formula is C14H15ClN4O2. The predicted octanol–water partition coefficient (Wildman–Crippen LogP) is 2.62. The van der Waals surface area contributed by atoms with E-state index in [4.69, 9.17) is 17.3 Å². The fourth-order valence-electron chi connectivity index (χ4n) is 2.73. The molecule has 6 nitrogen and oxygen atoms in total. The second kappa shape index (κ2) is 5.73. The van der Waals surface area contributed by atoms with E-state index in [0.717, 1.165) is 12.0 Å². The largest absolute Gasteiger partial charge is 0.378 e. The van der Waals surface area contributed by atoms with Crippen LogP contribution >= 0.6 is 11.6 Å². The van der Waals surface area contributed by atoms with Crippen molar-refractivity contribution in [2.24, 2.45) is 0 Å². The van der Waals surface area contributed by atoms with Crippen LogP contribution in [0.3, 0.4) is 0 Å². The molecule has 2 atom stereocenters. The van der Waals surface area contributed by atoms with Crippen LogP contribution in [0.4, 0.5) is 11.6 Å². The van der Waals surface area contributed by atoms with Crippen LogP contribution in [-0.4, -0.2) is 22.1 Å². The maximum Gasteiger partial charge on any atom is 0.215 e. The van der Waals surface area contributed by atoms with Gasteiger partial charge < -0.3 is 11.1 Å². The number of aromatic nitrogens is 2. The van der Waals surface area contributed by atoms with Crippen molar-refractivity contribution in [2.45, 2.75) is 31.2 Å². The molecule has 21 heavy (non-hydrogen) atoms. The van der Waals surface area contributed by atoms with Gasteiger partial charge in [-0.25, -0.2) is 4.63 Å². The van der Waals surface area contributed by atoms with Crippen LogP contribution in [0.2, 0.25) is 5.02 Å². The third-order valence-electron chi connectivity index (χ3n) is 3.71. The Bertz CT molecular complexity index is 641. The Kier molecular flexibility index (Phi) is 3.79. The molecule has 0 amide bonds. The van der Waals surface area contributed by atoms with Crippen molar-refractivity contribution in [1.82, 2.24) is 10.3 Å². The number of nitrogens with zero attached hydrogens (tertiary/aromatic N) is 2. The zero-order valence-corrected chi connectivity index (χ0v) is 12.0. The highest BCUT2D eigenvalue weighted by molar-refractivity contribution is 6.30. The molecule has 7 heteroatoms. The van der Waals surface area contributed by atoms with Gasteiger partial charge in [-0.05, 0) is 40.3 Å². The molecule has 0 aliphatic heterocycles. The maximum atomic E-state index is 12.0. The lowest BCUT2D eigenvalue weighted by Gasteiger charge is -2.29. The van der Waals surface area contributed by atoms with Gasteiger partial charge in [-0.1, -0.05) is 23.7 Å². The van der Waals surface area contributed by atoms with Crippen LogP contribution in [0.15, 0.2) is 28.9 Å². The van der Waals surface area contributed by atoms with Gasteiger partial charge in [0, 0.05) is 23.9 Å². The summed E-state index contributed by atoms with van der Waals surface area (Å²) >= 11 is 5.90. The first kappa shape index (κ1) is 13.9. The Morgan fingerprint density at radius 2 is 2.00 bits per heavy atom. The average molecular weight is 307 g/mol. The molecule has 3 rings (SSSR count). The highest BCUT2D eigenvalue weighted by Crippen LogP contribution is 2.33. The van der Waals surface area contributed by atoms with Gasteiger partial charge in [0.05, 0.1) is 0 Å². The van der Waals surface area contributed by atoms with Gasteiger partial charge in [0.15, 0.2) is 0 Å². The fraction of sp³-hybridized carbons (Fsp3) is 0.357. The molecule has 1 saturated carbocycles. The summed E-state index contributed by atoms with van der Waals surface area (Å²) in [6, 6.07) is 7.60. The van der Waals surface area contributed by atoms with E-state index in [1.807, 2.05) is 24.3 Å². The number of benzene rings is 1. The van der Waals surface area contributed by atoms with Crippen LogP contribution in [0, 0.1) is 0 Å². The Morgan fingerprint density at radius 3 is 2.67 bits per heavy atom. The van der Waals surface area contributed by atoms with E-state index in [2.05, 4.69) is 20.3 Å². The Labute approximate surface area is 126 Å². The number of halogens is 1. The van der Waals surface area contributed by atoms with Crippen LogP contribution in [-0.2, 0) is 4.79 Å². The maximum absolute atomic E-state index is 12.0. The molecule has 3 N–H and O–H groups in total. The van der Waals surface area contributed by atoms with Crippen LogP contribution in [0.25, 0.3) is 0 Å². The predicted molar refractivity (Wildman–Crippen MR) is 79.2 cm³/mol. The van der Waals surface area contributed by atoms with E-state index in [9.17, 15) is 4.79 Å². The summed E-state index contributed by atoms with van der Waals surface area (Å²) in [6.07, 6.45) is 1.82. The number of ketones is 1. The smallest absolute Gasteiger partial charge is 0.215 e. The van der Waals surface area contributed by atoms with E-state index < -0.39 is 0 Å². The first-order valence-electron chi connectivity index (χ1n) is 6.73. The summed E-state index contributed by atoms with van der Waals surface area (Å²) in [5.41, 5.74) is 6.74. The highest BCUT2D eigenvalue weighted by atomic mass is 35.5. The van der Waals surface area contributed by atoms with E-state index in [1.54, 1.807) is 0 Å². The monoisotopic (exact) mass is 306 g/mol. The third kappa shape index (κ3) is 3.16. The SMILES string of the molecule is Nc1nonc1N[C@H]1CC(=O)C[C@H](c2ccc(Cl)cc2)C1. The molecule has 1 heterocycles. The van der Waals surface area contributed by atoms with Gasteiger partial charge in [-0.15, -0.1) is 0 Å². The number of nitrogens with two attached hydrogens (primary N) is 1. The molecule has 0 saturated heterocycles. The number of rotatable bonds is 3. The number of Topliss-reactive ketones (excluding diaryl/α,β-unsaturated/α-hetero) is 1. The number of hydrogen-bond donors (Lipinski definition) is 2. The summed E-state index contributed by atoms with van der Waals surface area (Å²) in [4.78, 5) is 12.0. The van der Waals surface area contributed by atoms with E-state index in [0.29, 0.717) is 23.7 Å². The summed E-state index contributed by atoms with van der Waals surface area (Å²) in [6.45, 7) is 0. The molecule has 0 spiro atoms. The zero-order valence-electron chi connectivity index (χ0n) is 11.3. The first-order chi connectivity index (χ1) is 10.1. The molecule has 0 radical (unpaired) electrons. The van der Waals surface area contributed by atoms with Gasteiger partial charge >= 0.3 is 0 Å². The normalized spacial score (nSPS) is 22.2. The van der Waals surface area contributed by atoms with Crippen molar-refractivity contribution < 1.29 is 9.42 Å². The lowest BCUT2D eigenvalue weighted by molar-refractivity contribution is -0.120. The van der Waals surface area contributed by atoms with Crippen molar-refractivity contribution >= 4 is 29.0 Å². The van der Waals surface area contributed by atoms with Crippen molar-refractivity contribution in [3.05, 3.63) is 34.9 Å². The molecule has 1 aliphatic carbocycles. The highest BCUT2D eigenvalue weighted by Gasteiger charge is 2.29. The first-order valence-corrected chi connectivity index (χ1v) is 7.11. The van der Waals surface area contributed by atoms with Gasteiger partial charge in [0.1, 0.15) is 5.78 Å². The second-order valence-electron chi connectivity index (χ2n) is 5.27. The Hall–Kier alpha value is -2.08. The number of nitrogens with one attached hydrogen (secondary N) is 1.